The smallest absolute Gasteiger partial charge is 0.271 e. The van der Waals surface area contributed by atoms with Crippen molar-refractivity contribution in [1.82, 2.24) is 5.32 Å². The second-order valence-corrected chi connectivity index (χ2v) is 7.16. The number of benzene rings is 2. The van der Waals surface area contributed by atoms with Crippen molar-refractivity contribution in [2.75, 3.05) is 13.7 Å². The number of aliphatic imine (C=N–C) groups is 1. The number of amidine groups is 1. The number of hydrogen-bond donors (Lipinski definition) is 1. The number of ether oxygens (including phenoxy) is 2. The van der Waals surface area contributed by atoms with Crippen molar-refractivity contribution >= 4 is 51.9 Å². The maximum Gasteiger partial charge on any atom is 0.271 e. The van der Waals surface area contributed by atoms with Crippen LogP contribution in [0.5, 0.6) is 11.5 Å². The van der Waals surface area contributed by atoms with Crippen molar-refractivity contribution in [3.63, 3.8) is 0 Å². The fourth-order valence-corrected chi connectivity index (χ4v) is 3.54. The van der Waals surface area contributed by atoms with Crippen molar-refractivity contribution in [3.05, 3.63) is 62.0 Å². The van der Waals surface area contributed by atoms with Crippen LogP contribution in [0.4, 0.5) is 11.4 Å². The Morgan fingerprint density at radius 2 is 2.07 bits per heavy atom. The van der Waals surface area contributed by atoms with Crippen molar-refractivity contribution < 1.29 is 19.2 Å². The molecule has 0 aromatic heterocycles. The summed E-state index contributed by atoms with van der Waals surface area (Å²) >= 11 is 7.20. The Morgan fingerprint density at radius 1 is 1.28 bits per heavy atom. The molecule has 1 aliphatic rings. The van der Waals surface area contributed by atoms with Crippen molar-refractivity contribution in [2.24, 2.45) is 4.99 Å². The minimum absolute atomic E-state index is 0.121. The van der Waals surface area contributed by atoms with E-state index in [0.717, 1.165) is 17.3 Å². The number of nitro groups is 1. The maximum absolute atomic E-state index is 12.3. The number of carbonyl (C=O) groups excluding carboxylic acids is 1. The van der Waals surface area contributed by atoms with Crippen LogP contribution in [0.3, 0.4) is 0 Å². The van der Waals surface area contributed by atoms with E-state index in [-0.39, 0.29) is 16.6 Å². The highest BCUT2D eigenvalue weighted by Crippen LogP contribution is 2.34. The minimum Gasteiger partial charge on any atom is -0.493 e. The first kappa shape index (κ1) is 20.7. The lowest BCUT2D eigenvalue weighted by Gasteiger charge is -2.09. The van der Waals surface area contributed by atoms with Crippen LogP contribution in [0.15, 0.2) is 46.3 Å². The van der Waals surface area contributed by atoms with Crippen molar-refractivity contribution in [2.45, 2.75) is 6.92 Å². The van der Waals surface area contributed by atoms with Gasteiger partial charge in [-0.1, -0.05) is 17.7 Å². The molecule has 1 N–H and O–H groups in total. The van der Waals surface area contributed by atoms with E-state index < -0.39 is 4.92 Å². The number of carbonyl (C=O) groups is 1. The predicted molar refractivity (Wildman–Crippen MR) is 113 cm³/mol. The first-order chi connectivity index (χ1) is 13.9. The van der Waals surface area contributed by atoms with Gasteiger partial charge in [-0.05, 0) is 48.5 Å². The Morgan fingerprint density at radius 3 is 2.72 bits per heavy atom. The van der Waals surface area contributed by atoms with E-state index in [1.165, 1.54) is 18.2 Å². The summed E-state index contributed by atoms with van der Waals surface area (Å²) in [6, 6.07) is 9.30. The lowest BCUT2D eigenvalue weighted by molar-refractivity contribution is -0.384. The molecule has 2 aromatic carbocycles. The Kier molecular flexibility index (Phi) is 6.40. The van der Waals surface area contributed by atoms with Gasteiger partial charge in [-0.3, -0.25) is 14.9 Å². The highest BCUT2D eigenvalue weighted by Gasteiger charge is 2.24. The number of nitrogens with zero attached hydrogens (tertiary/aromatic N) is 2. The summed E-state index contributed by atoms with van der Waals surface area (Å²) in [5, 5.41) is 13.9. The molecule has 29 heavy (non-hydrogen) atoms. The van der Waals surface area contributed by atoms with Crippen LogP contribution in [0.1, 0.15) is 12.5 Å². The molecular weight excluding hydrogens is 418 g/mol. The van der Waals surface area contributed by atoms with Crippen LogP contribution in [0, 0.1) is 10.1 Å². The molecule has 0 radical (unpaired) electrons. The first-order valence-corrected chi connectivity index (χ1v) is 9.65. The number of hydrogen-bond acceptors (Lipinski definition) is 7. The molecule has 2 aromatic rings. The van der Waals surface area contributed by atoms with E-state index >= 15 is 0 Å². The van der Waals surface area contributed by atoms with Crippen molar-refractivity contribution in [1.29, 1.82) is 0 Å². The molecule has 1 aliphatic heterocycles. The summed E-state index contributed by atoms with van der Waals surface area (Å²) in [6.45, 7) is 2.36. The summed E-state index contributed by atoms with van der Waals surface area (Å²) < 4.78 is 10.8. The second-order valence-electron chi connectivity index (χ2n) is 5.72. The Labute approximate surface area is 175 Å². The Hall–Kier alpha value is -3.04. The molecule has 8 nitrogen and oxygen atoms in total. The van der Waals surface area contributed by atoms with Crippen LogP contribution in [0.2, 0.25) is 5.02 Å². The van der Waals surface area contributed by atoms with Crippen LogP contribution in [-0.2, 0) is 4.79 Å². The van der Waals surface area contributed by atoms with Crippen LogP contribution < -0.4 is 14.8 Å². The molecule has 0 aliphatic carbocycles. The van der Waals surface area contributed by atoms with E-state index in [1.54, 1.807) is 25.3 Å². The van der Waals surface area contributed by atoms with Gasteiger partial charge in [0.25, 0.3) is 11.6 Å². The monoisotopic (exact) mass is 433 g/mol. The number of rotatable bonds is 6. The number of nitro benzene ring substituents is 1. The third-order valence-electron chi connectivity index (χ3n) is 3.80. The molecule has 1 amide bonds. The zero-order valence-corrected chi connectivity index (χ0v) is 17.0. The van der Waals surface area contributed by atoms with Gasteiger partial charge >= 0.3 is 0 Å². The molecule has 1 heterocycles. The van der Waals surface area contributed by atoms with Gasteiger partial charge in [0.05, 0.1) is 34.3 Å². The predicted octanol–water partition coefficient (Wildman–Crippen LogP) is 4.55. The average molecular weight is 434 g/mol. The number of methoxy groups -OCH3 is 1. The van der Waals surface area contributed by atoms with Crippen molar-refractivity contribution in [3.8, 4) is 11.5 Å². The van der Waals surface area contributed by atoms with Gasteiger partial charge in [-0.2, -0.15) is 0 Å². The van der Waals surface area contributed by atoms with Gasteiger partial charge < -0.3 is 14.8 Å². The van der Waals surface area contributed by atoms with Gasteiger partial charge in [0.15, 0.2) is 16.7 Å². The normalized spacial score (nSPS) is 16.2. The third-order valence-corrected chi connectivity index (χ3v) is 5.01. The Balaban J connectivity index is 1.84. The van der Waals surface area contributed by atoms with E-state index in [1.807, 2.05) is 13.0 Å². The number of halogens is 1. The SMILES string of the molecule is CCOc1cc(/C=C2/SC(=Nc3ccc([N+](=O)[O-])cc3Cl)NC2=O)ccc1OC. The summed E-state index contributed by atoms with van der Waals surface area (Å²) in [7, 11) is 1.56. The quantitative estimate of drug-likeness (QED) is 0.407. The largest absolute Gasteiger partial charge is 0.493 e. The Bertz CT molecular complexity index is 1040. The lowest BCUT2D eigenvalue weighted by Crippen LogP contribution is -2.19. The molecule has 0 spiro atoms. The van der Waals surface area contributed by atoms with Gasteiger partial charge in [-0.25, -0.2) is 4.99 Å². The molecule has 1 saturated heterocycles. The third kappa shape index (κ3) is 4.87. The highest BCUT2D eigenvalue weighted by molar-refractivity contribution is 8.18. The first-order valence-electron chi connectivity index (χ1n) is 8.45. The molecule has 3 rings (SSSR count). The molecule has 0 saturated carbocycles. The van der Waals surface area contributed by atoms with E-state index in [0.29, 0.717) is 33.9 Å². The van der Waals surface area contributed by atoms with E-state index in [9.17, 15) is 14.9 Å². The van der Waals surface area contributed by atoms with E-state index in [2.05, 4.69) is 10.3 Å². The summed E-state index contributed by atoms with van der Waals surface area (Å²) in [5.41, 5.74) is 0.957. The number of nitrogens with one attached hydrogen (secondary N) is 1. The van der Waals surface area contributed by atoms with Gasteiger partial charge in [-0.15, -0.1) is 0 Å². The summed E-state index contributed by atoms with van der Waals surface area (Å²) in [4.78, 5) is 27.3. The minimum atomic E-state index is -0.541. The number of amides is 1. The number of non-ortho nitro benzene ring substituents is 1. The van der Waals surface area contributed by atoms with Gasteiger partial charge in [0.2, 0.25) is 0 Å². The van der Waals surface area contributed by atoms with Crippen LogP contribution in [-0.4, -0.2) is 29.7 Å². The van der Waals surface area contributed by atoms with Gasteiger partial charge in [0, 0.05) is 12.1 Å². The molecule has 10 heteroatoms. The standard InChI is InChI=1S/C19H16ClN3O5S/c1-3-28-16-8-11(4-7-15(16)27-2)9-17-18(24)22-19(29-17)21-14-6-5-12(23(25)26)10-13(14)20/h4-10H,3H2,1-2H3,(H,21,22,24)/b17-9+. The van der Waals surface area contributed by atoms with Crippen LogP contribution in [0.25, 0.3) is 6.08 Å². The molecule has 150 valence electrons. The summed E-state index contributed by atoms with van der Waals surface area (Å²) in [5.74, 6) is 0.882. The molecule has 1 fully saturated rings. The zero-order valence-electron chi connectivity index (χ0n) is 15.5. The zero-order chi connectivity index (χ0) is 21.0. The molecular formula is C19H16ClN3O5S. The fourth-order valence-electron chi connectivity index (χ4n) is 2.49. The van der Waals surface area contributed by atoms with E-state index in [4.69, 9.17) is 21.1 Å². The molecule has 0 bridgehead atoms. The van der Waals surface area contributed by atoms with Crippen LogP contribution >= 0.6 is 23.4 Å². The summed E-state index contributed by atoms with van der Waals surface area (Å²) in [6.07, 6.45) is 1.71. The highest BCUT2D eigenvalue weighted by atomic mass is 35.5. The average Bonchev–Trinajstić information content (AvgIpc) is 3.02. The topological polar surface area (TPSA) is 103 Å². The fraction of sp³-hybridized carbons (Fsp3) is 0.158. The van der Waals surface area contributed by atoms with Gasteiger partial charge in [0.1, 0.15) is 0 Å². The number of thioether (sulfide) groups is 1. The lowest BCUT2D eigenvalue weighted by atomic mass is 10.2. The molecule has 0 unspecified atom stereocenters. The second kappa shape index (κ2) is 8.97. The maximum atomic E-state index is 12.3. The molecule has 0 atom stereocenters.